The molecule has 1 unspecified atom stereocenters. The third kappa shape index (κ3) is 3.51. The van der Waals surface area contributed by atoms with E-state index in [9.17, 15) is 9.59 Å². The van der Waals surface area contributed by atoms with Crippen LogP contribution in [0.15, 0.2) is 0 Å². The number of methoxy groups -OCH3 is 1. The van der Waals surface area contributed by atoms with Crippen LogP contribution in [0.4, 0.5) is 0 Å². The van der Waals surface area contributed by atoms with Crippen LogP contribution in [-0.2, 0) is 14.3 Å². The topological polar surface area (TPSA) is 66.8 Å². The summed E-state index contributed by atoms with van der Waals surface area (Å²) in [5.41, 5.74) is 0. The van der Waals surface area contributed by atoms with Gasteiger partial charge in [0, 0.05) is 6.42 Å². The summed E-state index contributed by atoms with van der Waals surface area (Å²) in [6.07, 6.45) is 2.67. The molecule has 5 nitrogen and oxygen atoms in total. The Hall–Kier alpha value is -1.10. The number of ether oxygens (including phenoxy) is 1. The molecule has 0 aromatic carbocycles. The highest BCUT2D eigenvalue weighted by atomic mass is 16.5. The van der Waals surface area contributed by atoms with Crippen LogP contribution in [0.25, 0.3) is 0 Å². The van der Waals surface area contributed by atoms with Crippen molar-refractivity contribution >= 4 is 11.9 Å². The molecule has 0 aliphatic carbocycles. The van der Waals surface area contributed by atoms with Crippen LogP contribution in [0.3, 0.4) is 0 Å². The van der Waals surface area contributed by atoms with E-state index in [4.69, 9.17) is 5.11 Å². The highest BCUT2D eigenvalue weighted by Crippen LogP contribution is 2.17. The van der Waals surface area contributed by atoms with Gasteiger partial charge in [-0.25, -0.2) is 0 Å². The highest BCUT2D eigenvalue weighted by molar-refractivity contribution is 5.73. The zero-order valence-corrected chi connectivity index (χ0v) is 8.94. The Morgan fingerprint density at radius 3 is 2.87 bits per heavy atom. The molecule has 0 aromatic rings. The Morgan fingerprint density at radius 2 is 2.27 bits per heavy atom. The van der Waals surface area contributed by atoms with Crippen LogP contribution in [-0.4, -0.2) is 48.2 Å². The second-order valence-corrected chi connectivity index (χ2v) is 3.71. The Balaban J connectivity index is 2.26. The molecule has 0 bridgehead atoms. The van der Waals surface area contributed by atoms with Gasteiger partial charge in [-0.1, -0.05) is 0 Å². The number of carbonyl (C=O) groups is 2. The van der Waals surface area contributed by atoms with E-state index in [1.165, 1.54) is 7.11 Å². The van der Waals surface area contributed by atoms with Crippen LogP contribution in [0.2, 0.25) is 0 Å². The number of esters is 1. The van der Waals surface area contributed by atoms with Gasteiger partial charge in [0.2, 0.25) is 0 Å². The minimum Gasteiger partial charge on any atom is -0.480 e. The van der Waals surface area contributed by atoms with E-state index in [1.54, 1.807) is 0 Å². The zero-order valence-electron chi connectivity index (χ0n) is 8.94. The second kappa shape index (κ2) is 5.70. The Morgan fingerprint density at radius 1 is 1.53 bits per heavy atom. The van der Waals surface area contributed by atoms with E-state index < -0.39 is 5.97 Å². The van der Waals surface area contributed by atoms with Crippen molar-refractivity contribution in [1.82, 2.24) is 4.90 Å². The molecule has 1 rings (SSSR count). The lowest BCUT2D eigenvalue weighted by molar-refractivity contribution is -0.142. The molecule has 86 valence electrons. The first-order chi connectivity index (χ1) is 7.15. The summed E-state index contributed by atoms with van der Waals surface area (Å²) >= 11 is 0. The number of aliphatic carboxylic acids is 1. The number of carboxylic acid groups (broad SMARTS) is 1. The predicted molar refractivity (Wildman–Crippen MR) is 53.5 cm³/mol. The fraction of sp³-hybridized carbons (Fsp3) is 0.800. The van der Waals surface area contributed by atoms with Gasteiger partial charge >= 0.3 is 11.9 Å². The standard InChI is InChI=1S/C10H17NO4/c1-15-9(12)5-3-7-11-6-2-4-8(11)10(13)14/h8H,2-7H2,1H3,(H,13,14). The number of rotatable bonds is 5. The normalized spacial score (nSPS) is 21.5. The molecule has 0 radical (unpaired) electrons. The molecular formula is C10H17NO4. The molecule has 1 saturated heterocycles. The summed E-state index contributed by atoms with van der Waals surface area (Å²) < 4.78 is 4.52. The van der Waals surface area contributed by atoms with Crippen molar-refractivity contribution in [3.05, 3.63) is 0 Å². The quantitative estimate of drug-likeness (QED) is 0.676. The lowest BCUT2D eigenvalue weighted by Gasteiger charge is -2.20. The van der Waals surface area contributed by atoms with Crippen molar-refractivity contribution in [3.8, 4) is 0 Å². The molecule has 1 aliphatic rings. The maximum absolute atomic E-state index is 10.8. The highest BCUT2D eigenvalue weighted by Gasteiger charge is 2.29. The molecule has 0 spiro atoms. The third-order valence-electron chi connectivity index (χ3n) is 2.70. The van der Waals surface area contributed by atoms with E-state index in [0.29, 0.717) is 25.8 Å². The molecular weight excluding hydrogens is 198 g/mol. The maximum Gasteiger partial charge on any atom is 0.320 e. The summed E-state index contributed by atoms with van der Waals surface area (Å²) in [4.78, 5) is 23.6. The average molecular weight is 215 g/mol. The minimum absolute atomic E-state index is 0.235. The fourth-order valence-corrected chi connectivity index (χ4v) is 1.90. The van der Waals surface area contributed by atoms with Gasteiger partial charge in [-0.05, 0) is 32.4 Å². The number of likely N-dealkylation sites (tertiary alicyclic amines) is 1. The van der Waals surface area contributed by atoms with Gasteiger partial charge in [-0.15, -0.1) is 0 Å². The van der Waals surface area contributed by atoms with Crippen LogP contribution in [0.5, 0.6) is 0 Å². The number of nitrogens with zero attached hydrogens (tertiary/aromatic N) is 1. The first kappa shape index (κ1) is 12.0. The lowest BCUT2D eigenvalue weighted by atomic mass is 10.2. The maximum atomic E-state index is 10.8. The smallest absolute Gasteiger partial charge is 0.320 e. The van der Waals surface area contributed by atoms with E-state index in [0.717, 1.165) is 13.0 Å². The Labute approximate surface area is 89.0 Å². The molecule has 1 heterocycles. The molecule has 0 amide bonds. The Bertz CT molecular complexity index is 242. The second-order valence-electron chi connectivity index (χ2n) is 3.71. The molecule has 15 heavy (non-hydrogen) atoms. The summed E-state index contributed by atoms with van der Waals surface area (Å²) in [7, 11) is 1.36. The van der Waals surface area contributed by atoms with Gasteiger partial charge < -0.3 is 9.84 Å². The van der Waals surface area contributed by atoms with Gasteiger partial charge in [-0.3, -0.25) is 14.5 Å². The first-order valence-corrected chi connectivity index (χ1v) is 5.19. The molecule has 0 saturated carbocycles. The molecule has 5 heteroatoms. The molecule has 1 atom stereocenters. The van der Waals surface area contributed by atoms with Crippen LogP contribution in [0, 0.1) is 0 Å². The van der Waals surface area contributed by atoms with Crippen molar-refractivity contribution in [3.63, 3.8) is 0 Å². The minimum atomic E-state index is -0.759. The number of carboxylic acids is 1. The van der Waals surface area contributed by atoms with Gasteiger partial charge in [0.25, 0.3) is 0 Å². The SMILES string of the molecule is COC(=O)CCCN1CCCC1C(=O)O. The molecule has 1 N–H and O–H groups in total. The van der Waals surface area contributed by atoms with Crippen molar-refractivity contribution < 1.29 is 19.4 Å². The van der Waals surface area contributed by atoms with Crippen LogP contribution >= 0.6 is 0 Å². The predicted octanol–water partition coefficient (Wildman–Crippen LogP) is 0.489. The van der Waals surface area contributed by atoms with Crippen molar-refractivity contribution in [2.45, 2.75) is 31.7 Å². The van der Waals surface area contributed by atoms with Gasteiger partial charge in [0.05, 0.1) is 7.11 Å². The average Bonchev–Trinajstić information content (AvgIpc) is 2.65. The number of carbonyl (C=O) groups excluding carboxylic acids is 1. The molecule has 0 aromatic heterocycles. The monoisotopic (exact) mass is 215 g/mol. The summed E-state index contributed by atoms with van der Waals surface area (Å²) in [5, 5.41) is 8.91. The zero-order chi connectivity index (χ0) is 11.3. The Kier molecular flexibility index (Phi) is 4.55. The number of hydrogen-bond acceptors (Lipinski definition) is 4. The van der Waals surface area contributed by atoms with Crippen molar-refractivity contribution in [2.24, 2.45) is 0 Å². The van der Waals surface area contributed by atoms with Crippen molar-refractivity contribution in [1.29, 1.82) is 0 Å². The largest absolute Gasteiger partial charge is 0.480 e. The molecule has 1 aliphatic heterocycles. The van der Waals surface area contributed by atoms with Crippen LogP contribution in [0.1, 0.15) is 25.7 Å². The molecule has 1 fully saturated rings. The lowest BCUT2D eigenvalue weighted by Crippen LogP contribution is -2.36. The van der Waals surface area contributed by atoms with Gasteiger partial charge in [0.1, 0.15) is 6.04 Å². The fourth-order valence-electron chi connectivity index (χ4n) is 1.90. The van der Waals surface area contributed by atoms with Gasteiger partial charge in [0.15, 0.2) is 0 Å². The third-order valence-corrected chi connectivity index (χ3v) is 2.70. The van der Waals surface area contributed by atoms with E-state index in [2.05, 4.69) is 4.74 Å². The first-order valence-electron chi connectivity index (χ1n) is 5.19. The van der Waals surface area contributed by atoms with E-state index in [1.807, 2.05) is 4.90 Å². The van der Waals surface area contributed by atoms with Gasteiger partial charge in [-0.2, -0.15) is 0 Å². The number of hydrogen-bond donors (Lipinski definition) is 1. The summed E-state index contributed by atoms with van der Waals surface area (Å²) in [6, 6.07) is -0.359. The van der Waals surface area contributed by atoms with Crippen LogP contribution < -0.4 is 0 Å². The van der Waals surface area contributed by atoms with E-state index >= 15 is 0 Å². The van der Waals surface area contributed by atoms with Crippen molar-refractivity contribution in [2.75, 3.05) is 20.2 Å². The summed E-state index contributed by atoms with van der Waals surface area (Å²) in [6.45, 7) is 1.48. The summed E-state index contributed by atoms with van der Waals surface area (Å²) in [5.74, 6) is -0.994. The van der Waals surface area contributed by atoms with E-state index in [-0.39, 0.29) is 12.0 Å².